The lowest BCUT2D eigenvalue weighted by molar-refractivity contribution is 0.0391. The van der Waals surface area contributed by atoms with Crippen molar-refractivity contribution in [3.05, 3.63) is 66.0 Å². The van der Waals surface area contributed by atoms with E-state index < -0.39 is 11.9 Å². The van der Waals surface area contributed by atoms with Crippen molar-refractivity contribution >= 4 is 22.7 Å². The van der Waals surface area contributed by atoms with Gasteiger partial charge in [-0.3, -0.25) is 0 Å². The zero-order valence-electron chi connectivity index (χ0n) is 12.4. The summed E-state index contributed by atoms with van der Waals surface area (Å²) < 4.78 is 6.70. The van der Waals surface area contributed by atoms with Crippen LogP contribution in [0, 0.1) is 0 Å². The Morgan fingerprint density at radius 2 is 1.55 bits per heavy atom. The predicted octanol–water partition coefficient (Wildman–Crippen LogP) is 3.97. The summed E-state index contributed by atoms with van der Waals surface area (Å²) in [6.07, 6.45) is 3.80. The number of carbonyl (C=O) groups is 2. The molecule has 0 atom stereocenters. The molecule has 1 aromatic heterocycles. The van der Waals surface area contributed by atoms with Crippen molar-refractivity contribution < 1.29 is 14.3 Å². The van der Waals surface area contributed by atoms with Crippen LogP contribution in [0.2, 0.25) is 0 Å². The highest BCUT2D eigenvalue weighted by molar-refractivity contribution is 6.21. The summed E-state index contributed by atoms with van der Waals surface area (Å²) in [5, 5.41) is 1.53. The van der Waals surface area contributed by atoms with Crippen LogP contribution in [0.4, 0.5) is 0 Å². The van der Waals surface area contributed by atoms with Crippen LogP contribution in [0.15, 0.2) is 54.9 Å². The second-order valence-electron chi connectivity index (χ2n) is 4.66. The molecule has 2 aromatic carbocycles. The predicted molar refractivity (Wildman–Crippen MR) is 84.4 cm³/mol. The molecule has 0 N–H and O–H groups in total. The molecule has 3 aromatic rings. The average Bonchev–Trinajstić information content (AvgIpc) is 3.08. The van der Waals surface area contributed by atoms with Crippen LogP contribution in [0.3, 0.4) is 0 Å². The molecule has 22 heavy (non-hydrogen) atoms. The second kappa shape index (κ2) is 5.48. The smallest absolute Gasteiger partial charge is 0.346 e. The van der Waals surface area contributed by atoms with Crippen LogP contribution in [0.5, 0.6) is 0 Å². The first-order chi connectivity index (χ1) is 10.7. The minimum atomic E-state index is -0.590. The summed E-state index contributed by atoms with van der Waals surface area (Å²) >= 11 is 0. The average molecular weight is 293 g/mol. The number of rotatable bonds is 1. The van der Waals surface area contributed by atoms with E-state index in [2.05, 4.69) is 0 Å². The molecule has 0 bridgehead atoms. The van der Waals surface area contributed by atoms with Crippen LogP contribution in [0.25, 0.3) is 16.5 Å². The van der Waals surface area contributed by atoms with Crippen LogP contribution >= 0.6 is 0 Å². The summed E-state index contributed by atoms with van der Waals surface area (Å²) in [4.78, 5) is 23.7. The monoisotopic (exact) mass is 293 g/mol. The largest absolute Gasteiger partial charge is 0.386 e. The molecule has 1 aliphatic rings. The number of ether oxygens (including phenoxy) is 1. The van der Waals surface area contributed by atoms with Gasteiger partial charge in [-0.05, 0) is 35.7 Å². The quantitative estimate of drug-likeness (QED) is 0.504. The Balaban J connectivity index is 0.000000693. The van der Waals surface area contributed by atoms with E-state index in [0.717, 1.165) is 11.1 Å². The van der Waals surface area contributed by atoms with Gasteiger partial charge in [0.25, 0.3) is 0 Å². The van der Waals surface area contributed by atoms with Gasteiger partial charge in [0.15, 0.2) is 0 Å². The molecule has 0 unspecified atom stereocenters. The van der Waals surface area contributed by atoms with E-state index in [0.29, 0.717) is 16.5 Å². The highest BCUT2D eigenvalue weighted by Crippen LogP contribution is 2.31. The minimum Gasteiger partial charge on any atom is -0.386 e. The Kier molecular flexibility index (Phi) is 3.51. The molecule has 0 saturated carbocycles. The molecule has 0 spiro atoms. The fourth-order valence-electron chi connectivity index (χ4n) is 2.59. The Morgan fingerprint density at radius 3 is 2.27 bits per heavy atom. The van der Waals surface area contributed by atoms with Gasteiger partial charge < -0.3 is 9.30 Å². The van der Waals surface area contributed by atoms with Gasteiger partial charge in [0.1, 0.15) is 0 Å². The number of carbonyl (C=O) groups excluding carboxylic acids is 2. The van der Waals surface area contributed by atoms with E-state index >= 15 is 0 Å². The van der Waals surface area contributed by atoms with Gasteiger partial charge in [-0.1, -0.05) is 26.0 Å². The summed E-state index contributed by atoms with van der Waals surface area (Å²) in [5.74, 6) is -1.17. The second-order valence-corrected chi connectivity index (χ2v) is 4.66. The molecule has 0 amide bonds. The molecule has 110 valence electrons. The number of cyclic esters (lactones) is 2. The number of hydrogen-bond acceptors (Lipinski definition) is 3. The Bertz CT molecular complexity index is 863. The Morgan fingerprint density at radius 1 is 0.864 bits per heavy atom. The zero-order valence-corrected chi connectivity index (χ0v) is 12.4. The summed E-state index contributed by atoms with van der Waals surface area (Å²) in [6, 6.07) is 12.9. The standard InChI is InChI=1S/C16H9NO3.C2H6/c18-15-12-5-3-4-10-8-11(17-6-1-2-7-17)9-13(14(10)12)16(19)20-15;1-2/h1-9H;1-2H3. The van der Waals surface area contributed by atoms with Crippen molar-refractivity contribution in [1.29, 1.82) is 0 Å². The lowest BCUT2D eigenvalue weighted by Gasteiger charge is -2.17. The maximum atomic E-state index is 12.0. The van der Waals surface area contributed by atoms with E-state index in [1.165, 1.54) is 0 Å². The van der Waals surface area contributed by atoms with E-state index in [-0.39, 0.29) is 0 Å². The topological polar surface area (TPSA) is 48.3 Å². The SMILES string of the molecule is CC.O=C1OC(=O)c2cc(-n3cccc3)cc3cccc1c23. The Hall–Kier alpha value is -2.88. The van der Waals surface area contributed by atoms with Gasteiger partial charge in [-0.15, -0.1) is 0 Å². The molecule has 4 nitrogen and oxygen atoms in total. The highest BCUT2D eigenvalue weighted by atomic mass is 16.6. The van der Waals surface area contributed by atoms with Crippen LogP contribution in [0.1, 0.15) is 34.6 Å². The zero-order chi connectivity index (χ0) is 15.7. The fourth-order valence-corrected chi connectivity index (χ4v) is 2.59. The normalized spacial score (nSPS) is 12.6. The molecule has 1 aliphatic heterocycles. The minimum absolute atomic E-state index is 0.432. The van der Waals surface area contributed by atoms with Gasteiger partial charge >= 0.3 is 11.9 Å². The summed E-state index contributed by atoms with van der Waals surface area (Å²) in [5.41, 5.74) is 1.73. The lowest BCUT2D eigenvalue weighted by Crippen LogP contribution is -2.19. The van der Waals surface area contributed by atoms with Crippen molar-refractivity contribution in [1.82, 2.24) is 4.57 Å². The van der Waals surface area contributed by atoms with Crippen molar-refractivity contribution in [2.45, 2.75) is 13.8 Å². The Labute approximate surface area is 127 Å². The molecular formula is C18H15NO3. The van der Waals surface area contributed by atoms with Crippen LogP contribution in [-0.4, -0.2) is 16.5 Å². The van der Waals surface area contributed by atoms with E-state index in [1.807, 2.05) is 55.1 Å². The molecule has 2 heterocycles. The van der Waals surface area contributed by atoms with Gasteiger partial charge in [0.2, 0.25) is 0 Å². The van der Waals surface area contributed by atoms with Crippen molar-refractivity contribution in [3.63, 3.8) is 0 Å². The van der Waals surface area contributed by atoms with Crippen molar-refractivity contribution in [3.8, 4) is 5.69 Å². The molecule has 4 heteroatoms. The van der Waals surface area contributed by atoms with Gasteiger partial charge in [0.05, 0.1) is 11.1 Å². The number of hydrogen-bond donors (Lipinski definition) is 0. The number of aromatic nitrogens is 1. The van der Waals surface area contributed by atoms with Gasteiger partial charge in [-0.25, -0.2) is 9.59 Å². The van der Waals surface area contributed by atoms with Crippen LogP contribution < -0.4 is 0 Å². The van der Waals surface area contributed by atoms with Crippen molar-refractivity contribution in [2.75, 3.05) is 0 Å². The highest BCUT2D eigenvalue weighted by Gasteiger charge is 2.27. The number of esters is 2. The molecular weight excluding hydrogens is 278 g/mol. The summed E-state index contributed by atoms with van der Waals surface area (Å²) in [7, 11) is 0. The maximum absolute atomic E-state index is 12.0. The lowest BCUT2D eigenvalue weighted by atomic mass is 9.96. The van der Waals surface area contributed by atoms with E-state index in [9.17, 15) is 9.59 Å². The third-order valence-corrected chi connectivity index (χ3v) is 3.49. The number of benzene rings is 2. The maximum Gasteiger partial charge on any atom is 0.346 e. The first-order valence-electron chi connectivity index (χ1n) is 7.21. The summed E-state index contributed by atoms with van der Waals surface area (Å²) in [6.45, 7) is 4.00. The van der Waals surface area contributed by atoms with Gasteiger partial charge in [0, 0.05) is 23.5 Å². The molecule has 0 fully saturated rings. The van der Waals surface area contributed by atoms with Crippen molar-refractivity contribution in [2.24, 2.45) is 0 Å². The third kappa shape index (κ3) is 2.09. The molecule has 0 aliphatic carbocycles. The molecule has 0 radical (unpaired) electrons. The fraction of sp³-hybridized carbons (Fsp3) is 0.111. The van der Waals surface area contributed by atoms with E-state index in [4.69, 9.17) is 4.74 Å². The van der Waals surface area contributed by atoms with Crippen LogP contribution in [-0.2, 0) is 4.74 Å². The third-order valence-electron chi connectivity index (χ3n) is 3.49. The first-order valence-corrected chi connectivity index (χ1v) is 7.21. The number of nitrogens with zero attached hydrogens (tertiary/aromatic N) is 1. The van der Waals surface area contributed by atoms with Gasteiger partial charge in [-0.2, -0.15) is 0 Å². The first kappa shape index (κ1) is 14.1. The molecule has 4 rings (SSSR count). The van der Waals surface area contributed by atoms with E-state index in [1.54, 1.807) is 18.2 Å². The molecule has 0 saturated heterocycles.